The summed E-state index contributed by atoms with van der Waals surface area (Å²) in [6.45, 7) is 1.61. The van der Waals surface area contributed by atoms with Crippen LogP contribution in [0.4, 0.5) is 4.39 Å². The molecule has 1 aliphatic rings. The average Bonchev–Trinajstić information content (AvgIpc) is 2.66. The van der Waals surface area contributed by atoms with E-state index in [4.69, 9.17) is 5.73 Å². The first kappa shape index (κ1) is 11.6. The van der Waals surface area contributed by atoms with Crippen molar-refractivity contribution in [2.45, 2.75) is 50.7 Å². The molecule has 0 spiro atoms. The molecule has 0 aliphatic heterocycles. The highest BCUT2D eigenvalue weighted by Crippen LogP contribution is 2.38. The van der Waals surface area contributed by atoms with Gasteiger partial charge in [0.05, 0.1) is 0 Å². The molecular formula is C14H20FN. The summed E-state index contributed by atoms with van der Waals surface area (Å²) in [7, 11) is 0. The number of halogens is 1. The van der Waals surface area contributed by atoms with E-state index < -0.39 is 6.17 Å². The van der Waals surface area contributed by atoms with Gasteiger partial charge in [0.15, 0.2) is 0 Å². The fraction of sp³-hybridized carbons (Fsp3) is 0.571. The molecule has 2 heteroatoms. The lowest BCUT2D eigenvalue weighted by Crippen LogP contribution is -2.34. The molecule has 1 nitrogen and oxygen atoms in total. The van der Waals surface area contributed by atoms with E-state index in [1.54, 1.807) is 6.92 Å². The highest BCUT2D eigenvalue weighted by Gasteiger charge is 2.32. The fourth-order valence-electron chi connectivity index (χ4n) is 2.76. The molecule has 0 bridgehead atoms. The number of rotatable bonds is 3. The molecule has 1 fully saturated rings. The third kappa shape index (κ3) is 2.27. The van der Waals surface area contributed by atoms with Crippen LogP contribution in [0.3, 0.4) is 0 Å². The molecule has 0 saturated heterocycles. The first-order valence-corrected chi connectivity index (χ1v) is 6.13. The molecule has 16 heavy (non-hydrogen) atoms. The second-order valence-electron chi connectivity index (χ2n) is 5.01. The first-order chi connectivity index (χ1) is 7.62. The average molecular weight is 221 g/mol. The van der Waals surface area contributed by atoms with Crippen molar-refractivity contribution in [3.05, 3.63) is 35.4 Å². The monoisotopic (exact) mass is 221 g/mol. The predicted molar refractivity (Wildman–Crippen MR) is 65.0 cm³/mol. The van der Waals surface area contributed by atoms with Crippen LogP contribution < -0.4 is 5.73 Å². The molecule has 1 unspecified atom stereocenters. The van der Waals surface area contributed by atoms with Gasteiger partial charge in [-0.25, -0.2) is 4.39 Å². The second-order valence-corrected chi connectivity index (χ2v) is 5.01. The minimum absolute atomic E-state index is 0.203. The van der Waals surface area contributed by atoms with Gasteiger partial charge >= 0.3 is 0 Å². The summed E-state index contributed by atoms with van der Waals surface area (Å²) in [5.41, 5.74) is 8.48. The van der Waals surface area contributed by atoms with Gasteiger partial charge in [0.2, 0.25) is 0 Å². The summed E-state index contributed by atoms with van der Waals surface area (Å²) in [5.74, 6) is 0. The van der Waals surface area contributed by atoms with Gasteiger partial charge in [0.25, 0.3) is 0 Å². The summed E-state index contributed by atoms with van der Waals surface area (Å²) in [4.78, 5) is 0. The molecule has 1 atom stereocenters. The van der Waals surface area contributed by atoms with E-state index in [-0.39, 0.29) is 5.54 Å². The standard InChI is InChI=1S/C14H20FN/c1-11(15)10-12-6-2-3-7-13(12)14(16)8-4-5-9-14/h2-3,6-7,11H,4-5,8-10,16H2,1H3. The minimum atomic E-state index is -0.800. The number of hydrogen-bond donors (Lipinski definition) is 1. The van der Waals surface area contributed by atoms with Crippen LogP contribution >= 0.6 is 0 Å². The Hall–Kier alpha value is -0.890. The summed E-state index contributed by atoms with van der Waals surface area (Å²) in [5, 5.41) is 0. The largest absolute Gasteiger partial charge is 0.321 e. The van der Waals surface area contributed by atoms with Crippen molar-refractivity contribution in [1.29, 1.82) is 0 Å². The van der Waals surface area contributed by atoms with Gasteiger partial charge in [-0.15, -0.1) is 0 Å². The predicted octanol–water partition coefficient (Wildman–Crippen LogP) is 3.32. The van der Waals surface area contributed by atoms with Crippen LogP contribution in [-0.2, 0) is 12.0 Å². The van der Waals surface area contributed by atoms with Crippen molar-refractivity contribution in [3.63, 3.8) is 0 Å². The Bertz CT molecular complexity index is 354. The SMILES string of the molecule is CC(F)Cc1ccccc1C1(N)CCCC1. The Morgan fingerprint density at radius 3 is 2.56 bits per heavy atom. The first-order valence-electron chi connectivity index (χ1n) is 6.13. The molecule has 2 rings (SSSR count). The van der Waals surface area contributed by atoms with Crippen LogP contribution in [-0.4, -0.2) is 6.17 Å². The van der Waals surface area contributed by atoms with Gasteiger partial charge in [-0.2, -0.15) is 0 Å². The molecule has 2 N–H and O–H groups in total. The summed E-state index contributed by atoms with van der Waals surface area (Å²) in [6.07, 6.45) is 4.13. The fourth-order valence-corrected chi connectivity index (χ4v) is 2.76. The lowest BCUT2D eigenvalue weighted by Gasteiger charge is -2.27. The Morgan fingerprint density at radius 1 is 1.31 bits per heavy atom. The zero-order valence-electron chi connectivity index (χ0n) is 9.88. The summed E-state index contributed by atoms with van der Waals surface area (Å²) >= 11 is 0. The molecule has 1 aromatic carbocycles. The van der Waals surface area contributed by atoms with Gasteiger partial charge in [-0.3, -0.25) is 0 Å². The second kappa shape index (κ2) is 4.54. The van der Waals surface area contributed by atoms with Gasteiger partial charge in [-0.1, -0.05) is 37.1 Å². The number of alkyl halides is 1. The van der Waals surface area contributed by atoms with Crippen LogP contribution in [0, 0.1) is 0 Å². The van der Waals surface area contributed by atoms with Crippen molar-refractivity contribution in [2.24, 2.45) is 5.73 Å². The maximum atomic E-state index is 13.1. The highest BCUT2D eigenvalue weighted by molar-refractivity contribution is 5.34. The highest BCUT2D eigenvalue weighted by atomic mass is 19.1. The maximum Gasteiger partial charge on any atom is 0.101 e. The van der Waals surface area contributed by atoms with Crippen molar-refractivity contribution in [2.75, 3.05) is 0 Å². The Labute approximate surface area is 96.9 Å². The summed E-state index contributed by atoms with van der Waals surface area (Å²) < 4.78 is 13.1. The zero-order valence-corrected chi connectivity index (χ0v) is 9.88. The molecule has 0 radical (unpaired) electrons. The van der Waals surface area contributed by atoms with E-state index in [1.165, 1.54) is 12.8 Å². The molecule has 1 aromatic rings. The summed E-state index contributed by atoms with van der Waals surface area (Å²) in [6, 6.07) is 8.07. The maximum absolute atomic E-state index is 13.1. The molecule has 0 aromatic heterocycles. The Morgan fingerprint density at radius 2 is 1.94 bits per heavy atom. The van der Waals surface area contributed by atoms with Crippen LogP contribution in [0.1, 0.15) is 43.7 Å². The van der Waals surface area contributed by atoms with E-state index in [1.807, 2.05) is 18.2 Å². The van der Waals surface area contributed by atoms with E-state index in [2.05, 4.69) is 6.07 Å². The molecule has 0 heterocycles. The van der Waals surface area contributed by atoms with Crippen LogP contribution in [0.5, 0.6) is 0 Å². The normalized spacial score (nSPS) is 20.9. The molecular weight excluding hydrogens is 201 g/mol. The lowest BCUT2D eigenvalue weighted by atomic mass is 9.84. The van der Waals surface area contributed by atoms with Crippen LogP contribution in [0.25, 0.3) is 0 Å². The van der Waals surface area contributed by atoms with Gasteiger partial charge < -0.3 is 5.73 Å². The van der Waals surface area contributed by atoms with E-state index in [0.29, 0.717) is 6.42 Å². The Balaban J connectivity index is 2.32. The third-order valence-corrected chi connectivity index (χ3v) is 3.55. The quantitative estimate of drug-likeness (QED) is 0.832. The van der Waals surface area contributed by atoms with Gasteiger partial charge in [-0.05, 0) is 30.9 Å². The lowest BCUT2D eigenvalue weighted by molar-refractivity contribution is 0.356. The van der Waals surface area contributed by atoms with E-state index >= 15 is 0 Å². The van der Waals surface area contributed by atoms with Crippen molar-refractivity contribution >= 4 is 0 Å². The van der Waals surface area contributed by atoms with Crippen molar-refractivity contribution in [3.8, 4) is 0 Å². The Kier molecular flexibility index (Phi) is 3.29. The van der Waals surface area contributed by atoms with Gasteiger partial charge in [0.1, 0.15) is 6.17 Å². The van der Waals surface area contributed by atoms with Crippen LogP contribution in [0.2, 0.25) is 0 Å². The third-order valence-electron chi connectivity index (χ3n) is 3.55. The molecule has 1 saturated carbocycles. The zero-order chi connectivity index (χ0) is 11.6. The number of benzene rings is 1. The van der Waals surface area contributed by atoms with Crippen LogP contribution in [0.15, 0.2) is 24.3 Å². The smallest absolute Gasteiger partial charge is 0.101 e. The molecule has 88 valence electrons. The van der Waals surface area contributed by atoms with E-state index in [9.17, 15) is 4.39 Å². The number of nitrogens with two attached hydrogens (primary N) is 1. The van der Waals surface area contributed by atoms with Gasteiger partial charge in [0, 0.05) is 12.0 Å². The van der Waals surface area contributed by atoms with Crippen molar-refractivity contribution < 1.29 is 4.39 Å². The van der Waals surface area contributed by atoms with E-state index in [0.717, 1.165) is 24.0 Å². The molecule has 1 aliphatic carbocycles. The molecule has 0 amide bonds. The van der Waals surface area contributed by atoms with Crippen molar-refractivity contribution in [1.82, 2.24) is 0 Å². The number of hydrogen-bond acceptors (Lipinski definition) is 1. The minimum Gasteiger partial charge on any atom is -0.321 e. The topological polar surface area (TPSA) is 26.0 Å².